The summed E-state index contributed by atoms with van der Waals surface area (Å²) in [6.07, 6.45) is 3.81. The molecule has 1 atom stereocenters. The number of aromatic hydroxyl groups is 1. The van der Waals surface area contributed by atoms with Gasteiger partial charge < -0.3 is 5.11 Å². The topological polar surface area (TPSA) is 23.5 Å². The van der Waals surface area contributed by atoms with E-state index in [-0.39, 0.29) is 6.04 Å². The number of phenols is 1. The number of rotatable bonds is 3. The average Bonchev–Trinajstić information content (AvgIpc) is 2.53. The molecule has 1 heterocycles. The largest absolute Gasteiger partial charge is 0.508 e. The molecule has 0 aromatic heterocycles. The monoisotopic (exact) mass is 281 g/mol. The lowest BCUT2D eigenvalue weighted by Crippen LogP contribution is -2.34. The first kappa shape index (κ1) is 14.2. The summed E-state index contributed by atoms with van der Waals surface area (Å²) in [5.41, 5.74) is 3.49. The number of phenolic OH excluding ortho intramolecular Hbond substituents is 1. The molecule has 0 bridgehead atoms. The number of benzene rings is 2. The summed E-state index contributed by atoms with van der Waals surface area (Å²) in [5, 5.41) is 10.4. The van der Waals surface area contributed by atoms with Crippen LogP contribution in [0.3, 0.4) is 0 Å². The molecule has 21 heavy (non-hydrogen) atoms. The van der Waals surface area contributed by atoms with E-state index >= 15 is 0 Å². The molecule has 1 N–H and O–H groups in total. The zero-order valence-electron chi connectivity index (χ0n) is 12.6. The van der Waals surface area contributed by atoms with Crippen LogP contribution in [0.4, 0.5) is 0 Å². The second kappa shape index (κ2) is 6.31. The Bertz CT molecular complexity index is 588. The lowest BCUT2D eigenvalue weighted by atomic mass is 9.93. The molecular formula is C19H23NO. The number of likely N-dealkylation sites (tertiary alicyclic amines) is 1. The van der Waals surface area contributed by atoms with E-state index < -0.39 is 0 Å². The molecule has 1 fully saturated rings. The van der Waals surface area contributed by atoms with Gasteiger partial charge >= 0.3 is 0 Å². The molecule has 2 heteroatoms. The molecule has 2 nitrogen and oxygen atoms in total. The Morgan fingerprint density at radius 1 is 0.952 bits per heavy atom. The summed E-state index contributed by atoms with van der Waals surface area (Å²) in [5.74, 6) is 0.403. The van der Waals surface area contributed by atoms with E-state index in [0.29, 0.717) is 5.75 Å². The quantitative estimate of drug-likeness (QED) is 0.908. The highest BCUT2D eigenvalue weighted by molar-refractivity contribution is 5.43. The first-order valence-electron chi connectivity index (χ1n) is 7.84. The molecule has 2 aromatic rings. The van der Waals surface area contributed by atoms with Crippen molar-refractivity contribution in [1.82, 2.24) is 4.90 Å². The Labute approximate surface area is 127 Å². The molecule has 1 saturated heterocycles. The van der Waals surface area contributed by atoms with Crippen molar-refractivity contribution in [3.8, 4) is 5.75 Å². The van der Waals surface area contributed by atoms with Crippen LogP contribution in [0, 0.1) is 6.92 Å². The molecule has 0 spiro atoms. The SMILES string of the molecule is Cc1ccc(O)c([C@@H](c2ccccc2)N2CCCCC2)c1. The highest BCUT2D eigenvalue weighted by Gasteiger charge is 2.25. The Kier molecular flexibility index (Phi) is 4.26. The van der Waals surface area contributed by atoms with Crippen LogP contribution in [-0.2, 0) is 0 Å². The third-order valence-electron chi connectivity index (χ3n) is 4.35. The van der Waals surface area contributed by atoms with Crippen LogP contribution >= 0.6 is 0 Å². The van der Waals surface area contributed by atoms with Crippen LogP contribution in [0.15, 0.2) is 48.5 Å². The van der Waals surface area contributed by atoms with Gasteiger partial charge in [0.2, 0.25) is 0 Å². The Hall–Kier alpha value is -1.80. The minimum absolute atomic E-state index is 0.159. The zero-order valence-corrected chi connectivity index (χ0v) is 12.6. The summed E-state index contributed by atoms with van der Waals surface area (Å²) in [4.78, 5) is 2.51. The van der Waals surface area contributed by atoms with Gasteiger partial charge in [-0.1, -0.05) is 54.4 Å². The van der Waals surface area contributed by atoms with Crippen LogP contribution in [-0.4, -0.2) is 23.1 Å². The Morgan fingerprint density at radius 3 is 2.38 bits per heavy atom. The molecule has 110 valence electrons. The number of piperidine rings is 1. The van der Waals surface area contributed by atoms with E-state index in [1.54, 1.807) is 0 Å². The van der Waals surface area contributed by atoms with Crippen molar-refractivity contribution >= 4 is 0 Å². The van der Waals surface area contributed by atoms with Gasteiger partial charge in [0.05, 0.1) is 6.04 Å². The van der Waals surface area contributed by atoms with Crippen LogP contribution in [0.5, 0.6) is 5.75 Å². The number of hydrogen-bond acceptors (Lipinski definition) is 2. The van der Waals surface area contributed by atoms with Gasteiger partial charge in [-0.2, -0.15) is 0 Å². The molecule has 0 amide bonds. The predicted molar refractivity (Wildman–Crippen MR) is 86.6 cm³/mol. The fraction of sp³-hybridized carbons (Fsp3) is 0.368. The lowest BCUT2D eigenvalue weighted by molar-refractivity contribution is 0.185. The Morgan fingerprint density at radius 2 is 1.67 bits per heavy atom. The number of aryl methyl sites for hydroxylation is 1. The molecule has 0 saturated carbocycles. The molecular weight excluding hydrogens is 258 g/mol. The second-order valence-corrected chi connectivity index (χ2v) is 5.97. The van der Waals surface area contributed by atoms with Crippen LogP contribution in [0.2, 0.25) is 0 Å². The molecule has 1 aliphatic heterocycles. The van der Waals surface area contributed by atoms with Crippen molar-refractivity contribution < 1.29 is 5.11 Å². The lowest BCUT2D eigenvalue weighted by Gasteiger charge is -2.35. The maximum absolute atomic E-state index is 10.4. The van der Waals surface area contributed by atoms with Crippen molar-refractivity contribution in [3.63, 3.8) is 0 Å². The molecule has 0 aliphatic carbocycles. The maximum atomic E-state index is 10.4. The van der Waals surface area contributed by atoms with Crippen LogP contribution in [0.1, 0.15) is 42.0 Å². The van der Waals surface area contributed by atoms with Gasteiger partial charge in [0.1, 0.15) is 5.75 Å². The van der Waals surface area contributed by atoms with Crippen LogP contribution in [0.25, 0.3) is 0 Å². The second-order valence-electron chi connectivity index (χ2n) is 5.97. The van der Waals surface area contributed by atoms with E-state index in [1.165, 1.54) is 30.4 Å². The van der Waals surface area contributed by atoms with Crippen molar-refractivity contribution in [2.75, 3.05) is 13.1 Å². The number of hydrogen-bond donors (Lipinski definition) is 1. The minimum Gasteiger partial charge on any atom is -0.508 e. The third-order valence-corrected chi connectivity index (χ3v) is 4.35. The molecule has 0 radical (unpaired) electrons. The van der Waals surface area contributed by atoms with E-state index in [0.717, 1.165) is 18.7 Å². The minimum atomic E-state index is 0.159. The first-order valence-corrected chi connectivity index (χ1v) is 7.84. The van der Waals surface area contributed by atoms with Crippen molar-refractivity contribution in [2.45, 2.75) is 32.2 Å². The first-order chi connectivity index (χ1) is 10.3. The van der Waals surface area contributed by atoms with Crippen molar-refractivity contribution in [3.05, 3.63) is 65.2 Å². The summed E-state index contributed by atoms with van der Waals surface area (Å²) in [6, 6.07) is 16.6. The van der Waals surface area contributed by atoms with Crippen molar-refractivity contribution in [2.24, 2.45) is 0 Å². The van der Waals surface area contributed by atoms with E-state index in [4.69, 9.17) is 0 Å². The van der Waals surface area contributed by atoms with Gasteiger partial charge in [0.15, 0.2) is 0 Å². The highest BCUT2D eigenvalue weighted by atomic mass is 16.3. The average molecular weight is 281 g/mol. The van der Waals surface area contributed by atoms with E-state index in [2.05, 4.69) is 42.2 Å². The normalized spacial score (nSPS) is 17.6. The summed E-state index contributed by atoms with van der Waals surface area (Å²) < 4.78 is 0. The van der Waals surface area contributed by atoms with Crippen LogP contribution < -0.4 is 0 Å². The fourth-order valence-corrected chi connectivity index (χ4v) is 3.29. The third kappa shape index (κ3) is 3.11. The van der Waals surface area contributed by atoms with Gasteiger partial charge in [-0.25, -0.2) is 0 Å². The summed E-state index contributed by atoms with van der Waals surface area (Å²) in [7, 11) is 0. The summed E-state index contributed by atoms with van der Waals surface area (Å²) in [6.45, 7) is 4.29. The van der Waals surface area contributed by atoms with Gasteiger partial charge in [0.25, 0.3) is 0 Å². The smallest absolute Gasteiger partial charge is 0.120 e. The van der Waals surface area contributed by atoms with Gasteiger partial charge in [0, 0.05) is 5.56 Å². The van der Waals surface area contributed by atoms with E-state index in [9.17, 15) is 5.11 Å². The van der Waals surface area contributed by atoms with Gasteiger partial charge in [-0.05, 0) is 44.5 Å². The fourth-order valence-electron chi connectivity index (χ4n) is 3.29. The molecule has 0 unspecified atom stereocenters. The maximum Gasteiger partial charge on any atom is 0.120 e. The summed E-state index contributed by atoms with van der Waals surface area (Å²) >= 11 is 0. The van der Waals surface area contributed by atoms with Gasteiger partial charge in [-0.15, -0.1) is 0 Å². The highest BCUT2D eigenvalue weighted by Crippen LogP contribution is 2.36. The molecule has 3 rings (SSSR count). The Balaban J connectivity index is 2.05. The zero-order chi connectivity index (χ0) is 14.7. The molecule has 2 aromatic carbocycles. The van der Waals surface area contributed by atoms with Crippen molar-refractivity contribution in [1.29, 1.82) is 0 Å². The van der Waals surface area contributed by atoms with Gasteiger partial charge in [-0.3, -0.25) is 4.90 Å². The number of nitrogens with zero attached hydrogens (tertiary/aromatic N) is 1. The van der Waals surface area contributed by atoms with E-state index in [1.807, 2.05) is 18.2 Å². The predicted octanol–water partition coefficient (Wildman–Crippen LogP) is 4.28. The molecule has 1 aliphatic rings. The standard InChI is InChI=1S/C19H23NO/c1-15-10-11-18(21)17(14-15)19(16-8-4-2-5-9-16)20-12-6-3-7-13-20/h2,4-5,8-11,14,19,21H,3,6-7,12-13H2,1H3/t19-/m1/s1.